The van der Waals surface area contributed by atoms with Crippen molar-refractivity contribution in [3.8, 4) is 0 Å². The molecule has 1 spiro atoms. The first-order chi connectivity index (χ1) is 7.21. The Morgan fingerprint density at radius 3 is 2.67 bits per heavy atom. The summed E-state index contributed by atoms with van der Waals surface area (Å²) in [5.41, 5.74) is 0.589. The first kappa shape index (κ1) is 10.5. The maximum absolute atomic E-state index is 11.7. The lowest BCUT2D eigenvalue weighted by Gasteiger charge is -2.39. The van der Waals surface area contributed by atoms with E-state index in [1.165, 1.54) is 31.8 Å². The van der Waals surface area contributed by atoms with Gasteiger partial charge in [0.15, 0.2) is 0 Å². The van der Waals surface area contributed by atoms with Crippen molar-refractivity contribution in [2.75, 3.05) is 6.54 Å². The third-order valence-electron chi connectivity index (χ3n) is 3.85. The SMILES string of the molecule is C=CCC1CC2(CCN1C(=O)C=C)CC2. The van der Waals surface area contributed by atoms with Gasteiger partial charge in [-0.25, -0.2) is 0 Å². The molecule has 0 N–H and O–H groups in total. The number of amides is 1. The Morgan fingerprint density at radius 1 is 1.40 bits per heavy atom. The van der Waals surface area contributed by atoms with E-state index in [1.54, 1.807) is 0 Å². The first-order valence-corrected chi connectivity index (χ1v) is 5.75. The van der Waals surface area contributed by atoms with Gasteiger partial charge in [-0.3, -0.25) is 4.79 Å². The number of piperidine rings is 1. The Kier molecular flexibility index (Phi) is 2.68. The van der Waals surface area contributed by atoms with Gasteiger partial charge >= 0.3 is 0 Å². The largest absolute Gasteiger partial charge is 0.336 e. The predicted octanol–water partition coefficient (Wildman–Crippen LogP) is 2.52. The second-order valence-electron chi connectivity index (χ2n) is 4.87. The number of hydrogen-bond acceptors (Lipinski definition) is 1. The fourth-order valence-electron chi connectivity index (χ4n) is 2.69. The van der Waals surface area contributed by atoms with Crippen LogP contribution in [-0.4, -0.2) is 23.4 Å². The van der Waals surface area contributed by atoms with Crippen molar-refractivity contribution in [2.45, 2.75) is 38.1 Å². The van der Waals surface area contributed by atoms with Crippen molar-refractivity contribution in [1.29, 1.82) is 0 Å². The lowest BCUT2D eigenvalue weighted by atomic mass is 9.86. The lowest BCUT2D eigenvalue weighted by Crippen LogP contribution is -2.45. The number of hydrogen-bond donors (Lipinski definition) is 0. The molecule has 0 aromatic heterocycles. The van der Waals surface area contributed by atoms with E-state index in [-0.39, 0.29) is 5.91 Å². The Balaban J connectivity index is 2.06. The van der Waals surface area contributed by atoms with Crippen LogP contribution in [0.1, 0.15) is 32.1 Å². The van der Waals surface area contributed by atoms with Crippen LogP contribution in [0.3, 0.4) is 0 Å². The van der Waals surface area contributed by atoms with Gasteiger partial charge in [0.05, 0.1) is 0 Å². The molecule has 2 aliphatic rings. The Bertz CT molecular complexity index is 291. The molecule has 1 amide bonds. The molecular formula is C13H19NO. The molecule has 1 saturated heterocycles. The van der Waals surface area contributed by atoms with Crippen LogP contribution in [-0.2, 0) is 4.79 Å². The minimum absolute atomic E-state index is 0.0809. The zero-order valence-electron chi connectivity index (χ0n) is 9.24. The quantitative estimate of drug-likeness (QED) is 0.512. The molecule has 1 aliphatic carbocycles. The second-order valence-corrected chi connectivity index (χ2v) is 4.87. The predicted molar refractivity (Wildman–Crippen MR) is 61.4 cm³/mol. The Morgan fingerprint density at radius 2 is 2.13 bits per heavy atom. The molecule has 82 valence electrons. The summed E-state index contributed by atoms with van der Waals surface area (Å²) in [5.74, 6) is 0.0809. The molecule has 1 atom stereocenters. The molecule has 1 unspecified atom stereocenters. The van der Waals surface area contributed by atoms with Crippen LogP contribution in [0.4, 0.5) is 0 Å². The van der Waals surface area contributed by atoms with Gasteiger partial charge in [0, 0.05) is 12.6 Å². The van der Waals surface area contributed by atoms with Gasteiger partial charge in [-0.15, -0.1) is 6.58 Å². The highest BCUT2D eigenvalue weighted by Gasteiger charge is 2.48. The standard InChI is InChI=1S/C13H19NO/c1-3-5-11-10-13(6-7-13)8-9-14(11)12(15)4-2/h3-4,11H,1-2,5-10H2. The van der Waals surface area contributed by atoms with Crippen molar-refractivity contribution in [2.24, 2.45) is 5.41 Å². The van der Waals surface area contributed by atoms with Gasteiger partial charge < -0.3 is 4.90 Å². The van der Waals surface area contributed by atoms with Crippen LogP contribution in [0.15, 0.2) is 25.3 Å². The average molecular weight is 205 g/mol. The van der Waals surface area contributed by atoms with Crippen molar-refractivity contribution in [3.05, 3.63) is 25.3 Å². The number of likely N-dealkylation sites (tertiary alicyclic amines) is 1. The van der Waals surface area contributed by atoms with Crippen LogP contribution < -0.4 is 0 Å². The molecule has 2 fully saturated rings. The topological polar surface area (TPSA) is 20.3 Å². The van der Waals surface area contributed by atoms with E-state index >= 15 is 0 Å². The summed E-state index contributed by atoms with van der Waals surface area (Å²) in [5, 5.41) is 0. The van der Waals surface area contributed by atoms with Gasteiger partial charge in [0.2, 0.25) is 5.91 Å². The molecule has 1 heterocycles. The second kappa shape index (κ2) is 3.84. The van der Waals surface area contributed by atoms with E-state index in [0.29, 0.717) is 11.5 Å². The number of carbonyl (C=O) groups excluding carboxylic acids is 1. The molecule has 2 heteroatoms. The van der Waals surface area contributed by atoms with Gasteiger partial charge in [0.1, 0.15) is 0 Å². The zero-order valence-corrected chi connectivity index (χ0v) is 9.24. The molecule has 2 rings (SSSR count). The van der Waals surface area contributed by atoms with Crippen molar-refractivity contribution in [1.82, 2.24) is 4.90 Å². The summed E-state index contributed by atoms with van der Waals surface area (Å²) in [7, 11) is 0. The van der Waals surface area contributed by atoms with Gasteiger partial charge in [-0.05, 0) is 43.6 Å². The number of rotatable bonds is 3. The first-order valence-electron chi connectivity index (χ1n) is 5.75. The number of nitrogens with zero attached hydrogens (tertiary/aromatic N) is 1. The highest BCUT2D eigenvalue weighted by molar-refractivity contribution is 5.87. The van der Waals surface area contributed by atoms with E-state index in [1.807, 2.05) is 11.0 Å². The summed E-state index contributed by atoms with van der Waals surface area (Å²) >= 11 is 0. The van der Waals surface area contributed by atoms with Gasteiger partial charge in [0.25, 0.3) is 0 Å². The van der Waals surface area contributed by atoms with Crippen LogP contribution in [0.2, 0.25) is 0 Å². The summed E-state index contributed by atoms with van der Waals surface area (Å²) in [6.07, 6.45) is 9.34. The Hall–Kier alpha value is -1.05. The van der Waals surface area contributed by atoms with E-state index < -0.39 is 0 Å². The monoisotopic (exact) mass is 205 g/mol. The maximum atomic E-state index is 11.7. The van der Waals surface area contributed by atoms with E-state index in [9.17, 15) is 4.79 Å². The molecular weight excluding hydrogens is 186 g/mol. The van der Waals surface area contributed by atoms with E-state index in [4.69, 9.17) is 0 Å². The van der Waals surface area contributed by atoms with Crippen LogP contribution in [0, 0.1) is 5.41 Å². The summed E-state index contributed by atoms with van der Waals surface area (Å²) in [6, 6.07) is 0.365. The Labute approximate surface area is 91.6 Å². The summed E-state index contributed by atoms with van der Waals surface area (Å²) < 4.78 is 0. The number of carbonyl (C=O) groups is 1. The molecule has 2 nitrogen and oxygen atoms in total. The minimum atomic E-state index is 0.0809. The van der Waals surface area contributed by atoms with Crippen LogP contribution >= 0.6 is 0 Å². The van der Waals surface area contributed by atoms with Gasteiger partial charge in [-0.1, -0.05) is 12.7 Å². The minimum Gasteiger partial charge on any atom is -0.336 e. The van der Waals surface area contributed by atoms with Crippen LogP contribution in [0.5, 0.6) is 0 Å². The normalized spacial score (nSPS) is 27.5. The fraction of sp³-hybridized carbons (Fsp3) is 0.615. The molecule has 0 radical (unpaired) electrons. The molecule has 1 aliphatic heterocycles. The third kappa shape index (κ3) is 1.99. The highest BCUT2D eigenvalue weighted by atomic mass is 16.2. The lowest BCUT2D eigenvalue weighted by molar-refractivity contribution is -0.130. The summed E-state index contributed by atoms with van der Waals surface area (Å²) in [4.78, 5) is 13.6. The van der Waals surface area contributed by atoms with Crippen molar-refractivity contribution < 1.29 is 4.79 Å². The van der Waals surface area contributed by atoms with E-state index in [2.05, 4.69) is 13.2 Å². The third-order valence-corrected chi connectivity index (χ3v) is 3.85. The molecule has 0 aromatic rings. The van der Waals surface area contributed by atoms with Gasteiger partial charge in [-0.2, -0.15) is 0 Å². The molecule has 1 saturated carbocycles. The van der Waals surface area contributed by atoms with Crippen molar-refractivity contribution >= 4 is 5.91 Å². The summed E-state index contributed by atoms with van der Waals surface area (Å²) in [6.45, 7) is 8.25. The van der Waals surface area contributed by atoms with E-state index in [0.717, 1.165) is 13.0 Å². The zero-order chi connectivity index (χ0) is 10.9. The van der Waals surface area contributed by atoms with Crippen molar-refractivity contribution in [3.63, 3.8) is 0 Å². The smallest absolute Gasteiger partial charge is 0.246 e. The average Bonchev–Trinajstić information content (AvgIpc) is 2.98. The molecule has 0 aromatic carbocycles. The highest BCUT2D eigenvalue weighted by Crippen LogP contribution is 2.55. The van der Waals surface area contributed by atoms with Crippen LogP contribution in [0.25, 0.3) is 0 Å². The maximum Gasteiger partial charge on any atom is 0.246 e. The molecule has 0 bridgehead atoms. The fourth-order valence-corrected chi connectivity index (χ4v) is 2.69. The molecule has 15 heavy (non-hydrogen) atoms.